The van der Waals surface area contributed by atoms with Crippen LogP contribution in [0, 0.1) is 29.2 Å². The number of aliphatic hydroxyl groups excluding tert-OH is 1. The van der Waals surface area contributed by atoms with E-state index in [0.717, 1.165) is 37.3 Å². The number of halogens is 5. The molecule has 0 bridgehead atoms. The first-order valence-electron chi connectivity index (χ1n) is 25.9. The lowest BCUT2D eigenvalue weighted by atomic mass is 9.77. The molecular formula is C56H60ClF4N7O7. The number of aryl methyl sites for hydroxylation is 1. The van der Waals surface area contributed by atoms with Crippen molar-refractivity contribution in [3.63, 3.8) is 0 Å². The number of rotatable bonds is 13. The third-order valence-corrected chi connectivity index (χ3v) is 16.8. The number of amides is 4. The lowest BCUT2D eigenvalue weighted by Crippen LogP contribution is -2.50. The zero-order valence-corrected chi connectivity index (χ0v) is 42.5. The first-order chi connectivity index (χ1) is 36.1. The van der Waals surface area contributed by atoms with Crippen LogP contribution in [-0.2, 0) is 27.0 Å². The second-order valence-electron chi connectivity index (χ2n) is 20.6. The molecule has 5 heterocycles. The number of nitrogens with zero attached hydrogens (tertiary/aromatic N) is 4. The van der Waals surface area contributed by atoms with Crippen molar-refractivity contribution < 1.29 is 51.3 Å². The smallest absolute Gasteiger partial charge is 0.249 e. The molecule has 75 heavy (non-hydrogen) atoms. The first kappa shape index (κ1) is 52.0. The molecule has 5 aromatic rings. The second-order valence-corrected chi connectivity index (χ2v) is 21.0. The quantitative estimate of drug-likeness (QED) is 0.0661. The maximum atomic E-state index is 16.4. The highest BCUT2D eigenvalue weighted by Gasteiger charge is 2.49. The molecule has 4 aromatic carbocycles. The molecule has 19 heteroatoms. The Balaban J connectivity index is 0.754. The van der Waals surface area contributed by atoms with E-state index in [-0.39, 0.29) is 106 Å². The Morgan fingerprint density at radius 1 is 0.920 bits per heavy atom. The number of hydrogen-bond acceptors (Lipinski definition) is 10. The van der Waals surface area contributed by atoms with Crippen molar-refractivity contribution in [1.29, 1.82) is 0 Å². The van der Waals surface area contributed by atoms with Gasteiger partial charge in [0.1, 0.15) is 29.5 Å². The average molecular weight is 1050 g/mol. The predicted octanol–water partition coefficient (Wildman–Crippen LogP) is 8.36. The maximum absolute atomic E-state index is 16.4. The predicted molar refractivity (Wildman–Crippen MR) is 272 cm³/mol. The number of ether oxygens (including phenoxy) is 2. The number of nitrogens with two attached hydrogens (primary N) is 1. The van der Waals surface area contributed by atoms with E-state index in [0.29, 0.717) is 57.4 Å². The number of aliphatic hydroxyl groups is 1. The molecule has 5 N–H and O–H groups in total. The number of fused-ring (bicyclic) bond motifs is 2. The van der Waals surface area contributed by atoms with Crippen LogP contribution in [0.15, 0.2) is 66.9 Å². The van der Waals surface area contributed by atoms with E-state index in [2.05, 4.69) is 20.6 Å². The van der Waals surface area contributed by atoms with Crippen molar-refractivity contribution >= 4 is 46.1 Å². The summed E-state index contributed by atoms with van der Waals surface area (Å²) in [4.78, 5) is 55.5. The van der Waals surface area contributed by atoms with E-state index < -0.39 is 64.1 Å². The fourth-order valence-electron chi connectivity index (χ4n) is 12.5. The van der Waals surface area contributed by atoms with E-state index in [9.17, 15) is 24.3 Å². The van der Waals surface area contributed by atoms with Gasteiger partial charge in [0.25, 0.3) is 0 Å². The van der Waals surface area contributed by atoms with Gasteiger partial charge in [0.05, 0.1) is 28.8 Å². The van der Waals surface area contributed by atoms with Crippen molar-refractivity contribution in [3.05, 3.63) is 123 Å². The number of carbonyl (C=O) groups is 4. The molecule has 1 unspecified atom stereocenters. The number of hydrogen-bond donors (Lipinski definition) is 4. The summed E-state index contributed by atoms with van der Waals surface area (Å²) in [6.45, 7) is 3.84. The lowest BCUT2D eigenvalue weighted by Gasteiger charge is -2.43. The van der Waals surface area contributed by atoms with E-state index in [4.69, 9.17) is 26.8 Å². The van der Waals surface area contributed by atoms with Crippen LogP contribution < -0.4 is 25.8 Å². The third kappa shape index (κ3) is 9.62. The van der Waals surface area contributed by atoms with E-state index in [1.807, 2.05) is 54.4 Å². The van der Waals surface area contributed by atoms with Gasteiger partial charge in [-0.1, -0.05) is 48.9 Å². The summed E-state index contributed by atoms with van der Waals surface area (Å²) >= 11 is 6.69. The Labute approximate surface area is 436 Å². The van der Waals surface area contributed by atoms with Crippen molar-refractivity contribution in [2.24, 2.45) is 18.7 Å². The topological polar surface area (TPSA) is 181 Å². The summed E-state index contributed by atoms with van der Waals surface area (Å²) in [6, 6.07) is 14.6. The highest BCUT2D eigenvalue weighted by atomic mass is 35.5. The van der Waals surface area contributed by atoms with Gasteiger partial charge in [-0.3, -0.25) is 29.2 Å². The van der Waals surface area contributed by atoms with Crippen LogP contribution in [0.4, 0.5) is 17.6 Å². The van der Waals surface area contributed by atoms with Gasteiger partial charge in [-0.2, -0.15) is 5.10 Å². The Morgan fingerprint density at radius 2 is 1.64 bits per heavy atom. The summed E-state index contributed by atoms with van der Waals surface area (Å²) in [5.41, 5.74) is 5.37. The van der Waals surface area contributed by atoms with Crippen LogP contribution in [0.2, 0.25) is 5.02 Å². The number of piperidine rings is 3. The molecule has 4 amide bonds. The minimum absolute atomic E-state index is 0.0466. The third-order valence-electron chi connectivity index (χ3n) is 16.4. The van der Waals surface area contributed by atoms with Crippen LogP contribution in [0.1, 0.15) is 122 Å². The van der Waals surface area contributed by atoms with Crippen molar-refractivity contribution in [2.75, 3.05) is 39.4 Å². The Kier molecular flexibility index (Phi) is 14.7. The molecule has 1 saturated carbocycles. The minimum atomic E-state index is -1.25. The number of carbonyl (C=O) groups excluding carboxylic acids is 4. The van der Waals surface area contributed by atoms with E-state index in [1.165, 1.54) is 22.9 Å². The van der Waals surface area contributed by atoms with Gasteiger partial charge >= 0.3 is 0 Å². The molecule has 3 atom stereocenters. The molecule has 0 radical (unpaired) electrons. The van der Waals surface area contributed by atoms with Crippen LogP contribution in [0.3, 0.4) is 0 Å². The van der Waals surface area contributed by atoms with Crippen LogP contribution >= 0.6 is 11.6 Å². The average Bonchev–Trinajstić information content (AvgIpc) is 3.90. The standard InChI is InChI=1S/C56H60ClF4N7O7/c1-30-44-42(29-40(59)48(57)47(44)46-36(53(62)71)12-14-41(49(46)60)74-27-26-69)75-56(30,33-6-4-3-5-7-33)20-21-63-34-10-8-32(9-11-34)55(73)68-24-18-35(19-25-68)67-22-16-31(17-23-67)45-39(58)28-38-51(65-66(2)52(38)50(45)61)37-13-15-43(70)64-54(37)72/h3-7,12,14,20-21,28-32,34-35,37,63,69H,8-11,13,15-19,22-27H2,1-2H3,(H2,62,71)(H,64,70,72)/b21-20-/t30-,32?,34?,37?,56-/m0/s1. The highest BCUT2D eigenvalue weighted by molar-refractivity contribution is 6.34. The number of primary amides is 1. The van der Waals surface area contributed by atoms with Gasteiger partial charge in [-0.05, 0) is 113 Å². The Bertz CT molecular complexity index is 3080. The van der Waals surface area contributed by atoms with E-state index in [1.54, 1.807) is 7.05 Å². The van der Waals surface area contributed by atoms with Gasteiger partial charge in [0, 0.05) is 84.2 Å². The normalized spacial score (nSPS) is 23.9. The van der Waals surface area contributed by atoms with Crippen LogP contribution in [0.5, 0.6) is 11.5 Å². The molecule has 0 spiro atoms. The molecule has 1 aliphatic carbocycles. The fraction of sp³-hybridized carbons (Fsp3) is 0.446. The summed E-state index contributed by atoms with van der Waals surface area (Å²) in [7, 11) is 1.58. The summed E-state index contributed by atoms with van der Waals surface area (Å²) < 4.78 is 78.0. The molecule has 3 saturated heterocycles. The number of benzene rings is 4. The Morgan fingerprint density at radius 3 is 2.32 bits per heavy atom. The van der Waals surface area contributed by atoms with Crippen LogP contribution in [-0.4, -0.2) is 99.8 Å². The summed E-state index contributed by atoms with van der Waals surface area (Å²) in [5, 5.41) is 19.4. The minimum Gasteiger partial charge on any atom is -0.488 e. The molecule has 14 nitrogen and oxygen atoms in total. The first-order valence-corrected chi connectivity index (χ1v) is 26.2. The van der Waals surface area contributed by atoms with Crippen molar-refractivity contribution in [2.45, 2.75) is 107 Å². The zero-order chi connectivity index (χ0) is 52.9. The van der Waals surface area contributed by atoms with Crippen molar-refractivity contribution in [3.8, 4) is 22.6 Å². The second kappa shape index (κ2) is 21.3. The lowest BCUT2D eigenvalue weighted by molar-refractivity contribution is -0.138. The number of likely N-dealkylation sites (tertiary alicyclic amines) is 2. The summed E-state index contributed by atoms with van der Waals surface area (Å²) in [6.07, 6.45) is 9.69. The van der Waals surface area contributed by atoms with Gasteiger partial charge in [0.15, 0.2) is 23.0 Å². The summed E-state index contributed by atoms with van der Waals surface area (Å²) in [5.74, 6) is -6.91. The Hall–Kier alpha value is -6.50. The fourth-order valence-corrected chi connectivity index (χ4v) is 12.7. The molecular weight excluding hydrogens is 994 g/mol. The monoisotopic (exact) mass is 1050 g/mol. The number of aromatic nitrogens is 2. The van der Waals surface area contributed by atoms with Gasteiger partial charge in [0.2, 0.25) is 23.6 Å². The van der Waals surface area contributed by atoms with Gasteiger partial charge < -0.3 is 35.4 Å². The molecule has 10 rings (SSSR count). The molecule has 396 valence electrons. The highest BCUT2D eigenvalue weighted by Crippen LogP contribution is 2.57. The molecule has 4 fully saturated rings. The number of nitrogens with one attached hydrogen (secondary N) is 2. The van der Waals surface area contributed by atoms with E-state index >= 15 is 17.6 Å². The van der Waals surface area contributed by atoms with Crippen LogP contribution in [0.25, 0.3) is 22.0 Å². The SMILES string of the molecule is C[C@H]1c2c(cc(F)c(Cl)c2-c2c(C(N)=O)ccc(OCCO)c2F)O[C@]1(/C=C\NC1CCC(C(=O)N2CCC(N3CCC(c4c(F)cc5c(C6CCC(=O)NC6=O)nn(C)c5c4F)CC3)CC2)CC1)c1ccccc1. The van der Waals surface area contributed by atoms with Gasteiger partial charge in [-0.15, -0.1) is 0 Å². The maximum Gasteiger partial charge on any atom is 0.249 e. The molecule has 4 aliphatic heterocycles. The molecule has 5 aliphatic rings. The largest absolute Gasteiger partial charge is 0.488 e. The molecule has 1 aromatic heterocycles. The van der Waals surface area contributed by atoms with Crippen molar-refractivity contribution in [1.82, 2.24) is 30.2 Å². The number of imide groups is 1. The van der Waals surface area contributed by atoms with Gasteiger partial charge in [-0.25, -0.2) is 17.6 Å². The zero-order valence-electron chi connectivity index (χ0n) is 41.8.